The average Bonchev–Trinajstić information content (AvgIpc) is 3.34. The highest BCUT2D eigenvalue weighted by atomic mass is 16.6. The highest BCUT2D eigenvalue weighted by molar-refractivity contribution is 5.76. The van der Waals surface area contributed by atoms with Crippen molar-refractivity contribution >= 4 is 11.6 Å². The Morgan fingerprint density at radius 1 is 1.07 bits per heavy atom. The molecule has 0 spiro atoms. The second-order valence-corrected chi connectivity index (χ2v) is 14.7. The Hall–Kier alpha value is -2.11. The molecule has 0 aliphatic heterocycles. The zero-order valence-electron chi connectivity index (χ0n) is 25.6. The first-order valence-electron chi connectivity index (χ1n) is 16.2. The van der Waals surface area contributed by atoms with Gasteiger partial charge in [0.15, 0.2) is 0 Å². The van der Waals surface area contributed by atoms with E-state index in [-0.39, 0.29) is 70.5 Å². The third kappa shape index (κ3) is 5.74. The second kappa shape index (κ2) is 12.4. The molecule has 240 valence electrons. The van der Waals surface area contributed by atoms with Crippen LogP contribution in [0.25, 0.3) is 0 Å². The van der Waals surface area contributed by atoms with Crippen LogP contribution in [0.15, 0.2) is 24.3 Å². The van der Waals surface area contributed by atoms with Crippen LogP contribution in [-0.4, -0.2) is 67.3 Å². The lowest BCUT2D eigenvalue weighted by molar-refractivity contribution is -0.384. The summed E-state index contributed by atoms with van der Waals surface area (Å²) in [6.07, 6.45) is 4.08. The predicted molar refractivity (Wildman–Crippen MR) is 159 cm³/mol. The van der Waals surface area contributed by atoms with E-state index < -0.39 is 35.9 Å². The summed E-state index contributed by atoms with van der Waals surface area (Å²) in [6.45, 7) is 6.17. The van der Waals surface area contributed by atoms with E-state index in [1.165, 1.54) is 24.3 Å². The van der Waals surface area contributed by atoms with Gasteiger partial charge in [0.25, 0.3) is 5.69 Å². The minimum absolute atomic E-state index is 0.0233. The number of carbonyl (C=O) groups excluding carboxylic acids is 1. The number of aliphatic hydroxyl groups is 5. The number of nitro benzene ring substituents is 1. The lowest BCUT2D eigenvalue weighted by atomic mass is 9.43. The summed E-state index contributed by atoms with van der Waals surface area (Å²) in [5.41, 5.74) is -0.0755. The van der Waals surface area contributed by atoms with Crippen molar-refractivity contribution in [3.63, 3.8) is 0 Å². The van der Waals surface area contributed by atoms with Crippen LogP contribution in [-0.2, 0) is 4.79 Å². The summed E-state index contributed by atoms with van der Waals surface area (Å²) >= 11 is 0. The number of amides is 1. The average molecular weight is 603 g/mol. The van der Waals surface area contributed by atoms with Gasteiger partial charge in [0.05, 0.1) is 35.9 Å². The Morgan fingerprint density at radius 3 is 2.42 bits per heavy atom. The molecule has 5 rings (SSSR count). The quantitative estimate of drug-likeness (QED) is 0.184. The molecule has 0 saturated heterocycles. The van der Waals surface area contributed by atoms with Gasteiger partial charge in [0.1, 0.15) is 6.10 Å². The number of rotatable bonds is 9. The van der Waals surface area contributed by atoms with Gasteiger partial charge in [-0.3, -0.25) is 14.9 Å². The van der Waals surface area contributed by atoms with Gasteiger partial charge in [-0.25, -0.2) is 0 Å². The third-order valence-electron chi connectivity index (χ3n) is 12.7. The van der Waals surface area contributed by atoms with Crippen molar-refractivity contribution in [2.75, 3.05) is 6.61 Å². The molecule has 0 unspecified atom stereocenters. The molecule has 4 aliphatic rings. The van der Waals surface area contributed by atoms with Gasteiger partial charge in [-0.15, -0.1) is 0 Å². The van der Waals surface area contributed by atoms with E-state index in [0.717, 1.165) is 38.5 Å². The number of carbonyl (C=O) groups is 1. The molecule has 0 bridgehead atoms. The molecule has 1 aromatic rings. The molecule has 6 N–H and O–H groups in total. The Bertz CT molecular complexity index is 1160. The van der Waals surface area contributed by atoms with Crippen LogP contribution < -0.4 is 5.32 Å². The first-order chi connectivity index (χ1) is 20.3. The fraction of sp³-hybridized carbons (Fsp3) is 0.788. The van der Waals surface area contributed by atoms with Crippen LogP contribution in [0.3, 0.4) is 0 Å². The van der Waals surface area contributed by atoms with Crippen molar-refractivity contribution in [2.24, 2.45) is 46.3 Å². The maximum Gasteiger partial charge on any atom is 0.269 e. The number of hydrogen-bond acceptors (Lipinski definition) is 8. The van der Waals surface area contributed by atoms with E-state index in [1.54, 1.807) is 0 Å². The summed E-state index contributed by atoms with van der Waals surface area (Å²) in [6, 6.07) is 4.43. The number of non-ortho nitro benzene ring substituents is 1. The fourth-order valence-electron chi connectivity index (χ4n) is 10.2. The summed E-state index contributed by atoms with van der Waals surface area (Å²) < 4.78 is 0. The Morgan fingerprint density at radius 2 is 1.77 bits per heavy atom. The van der Waals surface area contributed by atoms with Crippen LogP contribution >= 0.6 is 0 Å². The number of nitrogens with zero attached hydrogens (tertiary/aromatic N) is 1. The van der Waals surface area contributed by atoms with Crippen molar-refractivity contribution in [2.45, 2.75) is 109 Å². The summed E-state index contributed by atoms with van der Waals surface area (Å²) in [7, 11) is 0. The molecule has 4 saturated carbocycles. The molecule has 13 atom stereocenters. The van der Waals surface area contributed by atoms with E-state index in [0.29, 0.717) is 18.4 Å². The largest absolute Gasteiger partial charge is 0.394 e. The van der Waals surface area contributed by atoms with Crippen molar-refractivity contribution in [1.29, 1.82) is 0 Å². The van der Waals surface area contributed by atoms with Gasteiger partial charge in [0, 0.05) is 18.6 Å². The first kappa shape index (κ1) is 32.3. The molecule has 4 aliphatic carbocycles. The van der Waals surface area contributed by atoms with E-state index in [2.05, 4.69) is 26.1 Å². The molecule has 4 fully saturated rings. The van der Waals surface area contributed by atoms with Crippen molar-refractivity contribution in [3.05, 3.63) is 39.9 Å². The van der Waals surface area contributed by atoms with Crippen LogP contribution in [0.2, 0.25) is 0 Å². The van der Waals surface area contributed by atoms with Gasteiger partial charge < -0.3 is 30.8 Å². The zero-order valence-corrected chi connectivity index (χ0v) is 25.6. The van der Waals surface area contributed by atoms with Crippen molar-refractivity contribution in [3.8, 4) is 0 Å². The SMILES string of the molecule is C[C@H](CCC(=O)N[C@H](CO)[C@H](O)c1ccc([N+](=O)[O-])cc1)[C@H]1CC[C@H]2[C@@H]3[C@H](O)C[C@@H]4C[C@H](O)CC[C@]4(C)[C@H]3C[C@H](O)[C@]12C. The Balaban J connectivity index is 1.21. The second-order valence-electron chi connectivity index (χ2n) is 14.7. The molecule has 43 heavy (non-hydrogen) atoms. The molecular formula is C33H50N2O8. The molecule has 0 heterocycles. The molecule has 0 aromatic heterocycles. The highest BCUT2D eigenvalue weighted by Gasteiger charge is 2.65. The van der Waals surface area contributed by atoms with Gasteiger partial charge in [-0.1, -0.05) is 20.8 Å². The number of hydrogen-bond donors (Lipinski definition) is 6. The maximum atomic E-state index is 12.9. The predicted octanol–water partition coefficient (Wildman–Crippen LogP) is 3.48. The van der Waals surface area contributed by atoms with Gasteiger partial charge in [0.2, 0.25) is 5.91 Å². The lowest BCUT2D eigenvalue weighted by Gasteiger charge is -2.63. The van der Waals surface area contributed by atoms with Gasteiger partial charge in [-0.05, 0) is 115 Å². The van der Waals surface area contributed by atoms with Crippen molar-refractivity contribution < 1.29 is 35.3 Å². The third-order valence-corrected chi connectivity index (χ3v) is 12.7. The number of aliphatic hydroxyl groups excluding tert-OH is 5. The van der Waals surface area contributed by atoms with Crippen molar-refractivity contribution in [1.82, 2.24) is 5.32 Å². The summed E-state index contributed by atoms with van der Waals surface area (Å²) in [5.74, 6) is 0.908. The van der Waals surface area contributed by atoms with E-state index in [1.807, 2.05) is 0 Å². The Kier molecular flexibility index (Phi) is 9.27. The molecule has 1 amide bonds. The van der Waals surface area contributed by atoms with Crippen LogP contribution in [0.5, 0.6) is 0 Å². The summed E-state index contributed by atoms with van der Waals surface area (Å²) in [5, 5.41) is 67.8. The number of nitrogens with one attached hydrogen (secondary N) is 1. The van der Waals surface area contributed by atoms with Gasteiger partial charge >= 0.3 is 0 Å². The van der Waals surface area contributed by atoms with E-state index in [9.17, 15) is 40.4 Å². The Labute approximate surface area is 254 Å². The monoisotopic (exact) mass is 602 g/mol. The molecular weight excluding hydrogens is 552 g/mol. The topological polar surface area (TPSA) is 173 Å². The number of benzene rings is 1. The van der Waals surface area contributed by atoms with E-state index in [4.69, 9.17) is 0 Å². The van der Waals surface area contributed by atoms with Crippen LogP contribution in [0.1, 0.15) is 90.2 Å². The maximum absolute atomic E-state index is 12.9. The van der Waals surface area contributed by atoms with Crippen LogP contribution in [0.4, 0.5) is 5.69 Å². The summed E-state index contributed by atoms with van der Waals surface area (Å²) in [4.78, 5) is 23.3. The molecule has 0 radical (unpaired) electrons. The molecule has 10 heteroatoms. The number of nitro groups is 1. The van der Waals surface area contributed by atoms with E-state index >= 15 is 0 Å². The first-order valence-corrected chi connectivity index (χ1v) is 16.2. The minimum Gasteiger partial charge on any atom is -0.394 e. The lowest BCUT2D eigenvalue weighted by Crippen LogP contribution is -2.62. The molecule has 10 nitrogen and oxygen atoms in total. The zero-order chi connectivity index (χ0) is 31.3. The normalized spacial score (nSPS) is 40.8. The smallest absolute Gasteiger partial charge is 0.269 e. The molecule has 1 aromatic carbocycles. The van der Waals surface area contributed by atoms with Crippen LogP contribution in [0, 0.1) is 56.5 Å². The minimum atomic E-state index is -1.22. The standard InChI is InChI=1S/C33H50N2O8/c1-18(4-11-29(40)34-26(17-36)31(41)19-5-7-21(8-6-19)35(42)43)23-9-10-24-30-25(16-28(39)33(23,24)3)32(2)13-12-22(37)14-20(32)15-27(30)38/h5-8,18,20,22-28,30-31,36-39,41H,4,9-17H2,1-3H3,(H,34,40)/t18-,20+,22-,23-,24+,25+,26-,27-,28+,30+,31-,32+,33-/m1/s1. The highest BCUT2D eigenvalue weighted by Crippen LogP contribution is 2.68. The fourth-order valence-corrected chi connectivity index (χ4v) is 10.2. The number of fused-ring (bicyclic) bond motifs is 5. The van der Waals surface area contributed by atoms with Gasteiger partial charge in [-0.2, -0.15) is 0 Å².